The molecule has 0 unspecified atom stereocenters. The zero-order chi connectivity index (χ0) is 20.0. The minimum Gasteiger partial charge on any atom is -0.460 e. The third kappa shape index (κ3) is 5.74. The Labute approximate surface area is 158 Å². The molecule has 0 aliphatic rings. The average molecular weight is 414 g/mol. The van der Waals surface area contributed by atoms with Crippen LogP contribution in [0, 0.1) is 15.9 Å². The number of rotatable bonds is 8. The standard InChI is InChI=1S/C16H15FN2O6S2/c1-26-15-7-6-13(8-14(15)19(21)22)27(23,24)18-9-16(20)25-10-11-2-4-12(17)5-3-11/h2-8,18H,9-10H2,1H3. The van der Waals surface area contributed by atoms with Gasteiger partial charge in [0.2, 0.25) is 10.0 Å². The molecule has 0 heterocycles. The van der Waals surface area contributed by atoms with Crippen molar-refractivity contribution in [3.8, 4) is 0 Å². The fourth-order valence-corrected chi connectivity index (χ4v) is 3.55. The highest BCUT2D eigenvalue weighted by molar-refractivity contribution is 7.98. The Kier molecular flexibility index (Phi) is 6.88. The van der Waals surface area contributed by atoms with Gasteiger partial charge in [-0.15, -0.1) is 11.8 Å². The van der Waals surface area contributed by atoms with Gasteiger partial charge < -0.3 is 4.74 Å². The van der Waals surface area contributed by atoms with Crippen molar-refractivity contribution in [3.63, 3.8) is 0 Å². The Morgan fingerprint density at radius 2 is 1.93 bits per heavy atom. The molecule has 27 heavy (non-hydrogen) atoms. The molecule has 8 nitrogen and oxygen atoms in total. The average Bonchev–Trinajstić information content (AvgIpc) is 2.65. The highest BCUT2D eigenvalue weighted by Crippen LogP contribution is 2.29. The van der Waals surface area contributed by atoms with Crippen LogP contribution < -0.4 is 4.72 Å². The van der Waals surface area contributed by atoms with Gasteiger partial charge in [0.1, 0.15) is 19.0 Å². The highest BCUT2D eigenvalue weighted by Gasteiger charge is 2.22. The van der Waals surface area contributed by atoms with Crippen molar-refractivity contribution >= 4 is 33.4 Å². The Morgan fingerprint density at radius 1 is 1.26 bits per heavy atom. The first-order valence-electron chi connectivity index (χ1n) is 7.45. The Hall–Kier alpha value is -2.50. The summed E-state index contributed by atoms with van der Waals surface area (Å²) in [5.41, 5.74) is 0.195. The van der Waals surface area contributed by atoms with Gasteiger partial charge in [0.15, 0.2) is 0 Å². The molecule has 0 bridgehead atoms. The Morgan fingerprint density at radius 3 is 2.52 bits per heavy atom. The maximum Gasteiger partial charge on any atom is 0.321 e. The molecule has 0 saturated carbocycles. The zero-order valence-corrected chi connectivity index (χ0v) is 15.7. The minimum atomic E-state index is -4.14. The SMILES string of the molecule is CSc1ccc(S(=O)(=O)NCC(=O)OCc2ccc(F)cc2)cc1[N+](=O)[O-]. The number of esters is 1. The Balaban J connectivity index is 1.99. The van der Waals surface area contributed by atoms with Crippen molar-refractivity contribution in [2.24, 2.45) is 0 Å². The van der Waals surface area contributed by atoms with Crippen LogP contribution in [-0.4, -0.2) is 32.1 Å². The molecule has 0 fully saturated rings. The number of nitro benzene ring substituents is 1. The monoisotopic (exact) mass is 414 g/mol. The molecule has 0 atom stereocenters. The summed E-state index contributed by atoms with van der Waals surface area (Å²) in [5.74, 6) is -1.28. The van der Waals surface area contributed by atoms with Crippen LogP contribution >= 0.6 is 11.8 Å². The van der Waals surface area contributed by atoms with E-state index in [4.69, 9.17) is 4.74 Å². The van der Waals surface area contributed by atoms with E-state index in [1.165, 1.54) is 36.4 Å². The second kappa shape index (κ2) is 8.93. The predicted molar refractivity (Wildman–Crippen MR) is 96.3 cm³/mol. The molecule has 0 aromatic heterocycles. The summed E-state index contributed by atoms with van der Waals surface area (Å²) in [6.07, 6.45) is 1.63. The molecule has 0 saturated heterocycles. The van der Waals surface area contributed by atoms with E-state index in [0.717, 1.165) is 17.8 Å². The lowest BCUT2D eigenvalue weighted by atomic mass is 10.2. The highest BCUT2D eigenvalue weighted by atomic mass is 32.2. The number of nitrogens with one attached hydrogen (secondary N) is 1. The van der Waals surface area contributed by atoms with Crippen molar-refractivity contribution in [1.82, 2.24) is 4.72 Å². The van der Waals surface area contributed by atoms with Crippen LogP contribution in [0.5, 0.6) is 0 Å². The molecular formula is C16H15FN2O6S2. The van der Waals surface area contributed by atoms with E-state index in [2.05, 4.69) is 0 Å². The lowest BCUT2D eigenvalue weighted by Gasteiger charge is -2.08. The number of ether oxygens (including phenoxy) is 1. The predicted octanol–water partition coefficient (Wildman–Crippen LogP) is 2.48. The lowest BCUT2D eigenvalue weighted by molar-refractivity contribution is -0.387. The fraction of sp³-hybridized carbons (Fsp3) is 0.188. The topological polar surface area (TPSA) is 116 Å². The number of carbonyl (C=O) groups excluding carboxylic acids is 1. The summed E-state index contributed by atoms with van der Waals surface area (Å²) in [5, 5.41) is 11.0. The second-order valence-electron chi connectivity index (χ2n) is 5.20. The molecule has 0 spiro atoms. The number of nitro groups is 1. The summed E-state index contributed by atoms with van der Waals surface area (Å²) in [6, 6.07) is 8.74. The quantitative estimate of drug-likeness (QED) is 0.305. The third-order valence-corrected chi connectivity index (χ3v) is 5.56. The number of benzene rings is 2. The normalized spacial score (nSPS) is 11.2. The molecule has 0 aliphatic heterocycles. The molecule has 0 radical (unpaired) electrons. The van der Waals surface area contributed by atoms with Gasteiger partial charge in [0.05, 0.1) is 14.7 Å². The molecule has 2 aromatic carbocycles. The summed E-state index contributed by atoms with van der Waals surface area (Å²) in [6.45, 7) is -0.795. The van der Waals surface area contributed by atoms with Crippen molar-refractivity contribution in [2.75, 3.05) is 12.8 Å². The number of nitrogens with zero attached hydrogens (tertiary/aromatic N) is 1. The third-order valence-electron chi connectivity index (χ3n) is 3.38. The van der Waals surface area contributed by atoms with Crippen LogP contribution in [0.15, 0.2) is 52.3 Å². The lowest BCUT2D eigenvalue weighted by Crippen LogP contribution is -2.30. The van der Waals surface area contributed by atoms with E-state index in [1.807, 2.05) is 4.72 Å². The molecule has 0 aliphatic carbocycles. The van der Waals surface area contributed by atoms with E-state index in [-0.39, 0.29) is 17.2 Å². The maximum atomic E-state index is 12.8. The molecule has 144 valence electrons. The first kappa shape index (κ1) is 20.8. The van der Waals surface area contributed by atoms with Crippen LogP contribution in [0.2, 0.25) is 0 Å². The maximum absolute atomic E-state index is 12.8. The van der Waals surface area contributed by atoms with Crippen LogP contribution in [0.3, 0.4) is 0 Å². The van der Waals surface area contributed by atoms with Crippen LogP contribution in [-0.2, 0) is 26.2 Å². The molecule has 0 amide bonds. The number of sulfonamides is 1. The number of carbonyl (C=O) groups is 1. The first-order chi connectivity index (χ1) is 12.7. The van der Waals surface area contributed by atoms with Gasteiger partial charge in [-0.25, -0.2) is 12.8 Å². The minimum absolute atomic E-state index is 0.144. The van der Waals surface area contributed by atoms with Crippen molar-refractivity contribution in [1.29, 1.82) is 0 Å². The van der Waals surface area contributed by atoms with E-state index in [1.54, 1.807) is 6.26 Å². The molecule has 11 heteroatoms. The van der Waals surface area contributed by atoms with E-state index < -0.39 is 33.3 Å². The van der Waals surface area contributed by atoms with Crippen LogP contribution in [0.1, 0.15) is 5.56 Å². The van der Waals surface area contributed by atoms with Crippen molar-refractivity contribution < 1.29 is 27.3 Å². The summed E-state index contributed by atoms with van der Waals surface area (Å²) in [7, 11) is -4.14. The largest absolute Gasteiger partial charge is 0.460 e. The second-order valence-corrected chi connectivity index (χ2v) is 7.82. The number of hydrogen-bond donors (Lipinski definition) is 1. The van der Waals surface area contributed by atoms with Gasteiger partial charge in [0.25, 0.3) is 5.69 Å². The van der Waals surface area contributed by atoms with E-state index in [0.29, 0.717) is 10.5 Å². The first-order valence-corrected chi connectivity index (χ1v) is 10.2. The zero-order valence-electron chi connectivity index (χ0n) is 14.0. The van der Waals surface area contributed by atoms with Crippen molar-refractivity contribution in [3.05, 3.63) is 64.0 Å². The molecule has 2 rings (SSSR count). The Bertz CT molecular complexity index is 948. The van der Waals surface area contributed by atoms with Crippen LogP contribution in [0.25, 0.3) is 0 Å². The van der Waals surface area contributed by atoms with E-state index >= 15 is 0 Å². The van der Waals surface area contributed by atoms with Crippen LogP contribution in [0.4, 0.5) is 10.1 Å². The van der Waals surface area contributed by atoms with Gasteiger partial charge in [0, 0.05) is 6.07 Å². The number of halogens is 1. The van der Waals surface area contributed by atoms with Gasteiger partial charge in [-0.2, -0.15) is 4.72 Å². The summed E-state index contributed by atoms with van der Waals surface area (Å²) >= 11 is 1.11. The number of hydrogen-bond acceptors (Lipinski definition) is 7. The van der Waals surface area contributed by atoms with Crippen molar-refractivity contribution in [2.45, 2.75) is 16.4 Å². The van der Waals surface area contributed by atoms with Gasteiger partial charge in [-0.1, -0.05) is 12.1 Å². The molecule has 1 N–H and O–H groups in total. The van der Waals surface area contributed by atoms with Gasteiger partial charge in [-0.05, 0) is 36.1 Å². The fourth-order valence-electron chi connectivity index (χ4n) is 2.01. The smallest absolute Gasteiger partial charge is 0.321 e. The summed E-state index contributed by atoms with van der Waals surface area (Å²) < 4.78 is 44.2. The van der Waals surface area contributed by atoms with E-state index in [9.17, 15) is 27.7 Å². The van der Waals surface area contributed by atoms with Gasteiger partial charge in [-0.3, -0.25) is 14.9 Å². The summed E-state index contributed by atoms with van der Waals surface area (Å²) in [4.78, 5) is 22.1. The number of thioether (sulfide) groups is 1. The van der Waals surface area contributed by atoms with Gasteiger partial charge >= 0.3 is 5.97 Å². The molecule has 2 aromatic rings. The molecular weight excluding hydrogens is 399 g/mol.